The van der Waals surface area contributed by atoms with Gasteiger partial charge in [0.2, 0.25) is 0 Å². The van der Waals surface area contributed by atoms with Crippen LogP contribution in [0.3, 0.4) is 0 Å². The predicted molar refractivity (Wildman–Crippen MR) is 56.2 cm³/mol. The van der Waals surface area contributed by atoms with Gasteiger partial charge in [0.15, 0.2) is 0 Å². The number of hydrogen-bond donors (Lipinski definition) is 1. The molecule has 1 aromatic rings. The lowest BCUT2D eigenvalue weighted by molar-refractivity contribution is 0.197. The highest BCUT2D eigenvalue weighted by atomic mass is 16.3. The Bertz CT molecular complexity index is 260. The van der Waals surface area contributed by atoms with Crippen LogP contribution in [0, 0.1) is 6.92 Å². The second kappa shape index (κ2) is 5.78. The molecule has 1 rings (SSSR count). The first-order chi connectivity index (χ1) is 6.77. The average Bonchev–Trinajstić information content (AvgIpc) is 2.59. The summed E-state index contributed by atoms with van der Waals surface area (Å²) in [5, 5.41) is 8.82. The molecule has 0 bridgehead atoms. The normalized spacial score (nSPS) is 11.1. The van der Waals surface area contributed by atoms with E-state index in [9.17, 15) is 0 Å². The van der Waals surface area contributed by atoms with Crippen LogP contribution in [-0.4, -0.2) is 45.8 Å². The van der Waals surface area contributed by atoms with Crippen LogP contribution in [0.4, 0.5) is 0 Å². The van der Waals surface area contributed by atoms with Gasteiger partial charge in [0.05, 0.1) is 6.61 Å². The number of aromatic nitrogens is 2. The SMILES string of the molecule is CCN(CCO)CCn1ccnc1C. The molecule has 0 aliphatic carbocycles. The van der Waals surface area contributed by atoms with Crippen molar-refractivity contribution in [1.82, 2.24) is 14.5 Å². The van der Waals surface area contributed by atoms with Crippen molar-refractivity contribution in [2.75, 3.05) is 26.2 Å². The fraction of sp³-hybridized carbons (Fsp3) is 0.700. The Labute approximate surface area is 85.2 Å². The number of aliphatic hydroxyl groups is 1. The lowest BCUT2D eigenvalue weighted by Crippen LogP contribution is -2.30. The van der Waals surface area contributed by atoms with Crippen LogP contribution in [0.5, 0.6) is 0 Å². The van der Waals surface area contributed by atoms with E-state index in [0.717, 1.165) is 32.0 Å². The van der Waals surface area contributed by atoms with Crippen LogP contribution in [0.2, 0.25) is 0 Å². The summed E-state index contributed by atoms with van der Waals surface area (Å²) in [7, 11) is 0. The van der Waals surface area contributed by atoms with Gasteiger partial charge in [0.1, 0.15) is 5.82 Å². The smallest absolute Gasteiger partial charge is 0.105 e. The van der Waals surface area contributed by atoms with Gasteiger partial charge < -0.3 is 9.67 Å². The summed E-state index contributed by atoms with van der Waals surface area (Å²) in [6, 6.07) is 0. The maximum atomic E-state index is 8.82. The van der Waals surface area contributed by atoms with E-state index in [4.69, 9.17) is 5.11 Å². The van der Waals surface area contributed by atoms with Crippen molar-refractivity contribution in [3.05, 3.63) is 18.2 Å². The quantitative estimate of drug-likeness (QED) is 0.722. The van der Waals surface area contributed by atoms with Gasteiger partial charge in [-0.2, -0.15) is 0 Å². The molecular formula is C10H19N3O. The van der Waals surface area contributed by atoms with Gasteiger partial charge in [-0.15, -0.1) is 0 Å². The standard InChI is InChI=1S/C10H19N3O/c1-3-12(8-9-14)6-7-13-5-4-11-10(13)2/h4-5,14H,3,6-9H2,1-2H3. The van der Waals surface area contributed by atoms with E-state index < -0.39 is 0 Å². The van der Waals surface area contributed by atoms with E-state index in [0.29, 0.717) is 0 Å². The van der Waals surface area contributed by atoms with Crippen LogP contribution in [0.25, 0.3) is 0 Å². The van der Waals surface area contributed by atoms with E-state index in [2.05, 4.69) is 21.4 Å². The van der Waals surface area contributed by atoms with Crippen molar-refractivity contribution < 1.29 is 5.11 Å². The maximum Gasteiger partial charge on any atom is 0.105 e. The molecule has 4 nitrogen and oxygen atoms in total. The number of hydrogen-bond acceptors (Lipinski definition) is 3. The first-order valence-electron chi connectivity index (χ1n) is 5.09. The summed E-state index contributed by atoms with van der Waals surface area (Å²) in [5.41, 5.74) is 0. The molecule has 0 fully saturated rings. The highest BCUT2D eigenvalue weighted by Gasteiger charge is 2.02. The first kappa shape index (κ1) is 11.2. The number of nitrogens with zero attached hydrogens (tertiary/aromatic N) is 3. The molecule has 0 unspecified atom stereocenters. The van der Waals surface area contributed by atoms with Gasteiger partial charge in [0.25, 0.3) is 0 Å². The van der Waals surface area contributed by atoms with E-state index >= 15 is 0 Å². The lowest BCUT2D eigenvalue weighted by Gasteiger charge is -2.19. The average molecular weight is 197 g/mol. The molecule has 1 aromatic heterocycles. The van der Waals surface area contributed by atoms with Gasteiger partial charge in [0, 0.05) is 32.0 Å². The van der Waals surface area contributed by atoms with E-state index in [-0.39, 0.29) is 6.61 Å². The summed E-state index contributed by atoms with van der Waals surface area (Å²) in [5.74, 6) is 1.05. The Balaban J connectivity index is 2.35. The van der Waals surface area contributed by atoms with E-state index in [1.165, 1.54) is 0 Å². The van der Waals surface area contributed by atoms with Gasteiger partial charge in [-0.3, -0.25) is 4.90 Å². The number of imidazole rings is 1. The molecule has 80 valence electrons. The molecule has 0 aliphatic rings. The molecule has 1 heterocycles. The van der Waals surface area contributed by atoms with Crippen molar-refractivity contribution in [2.24, 2.45) is 0 Å². The molecular weight excluding hydrogens is 178 g/mol. The van der Waals surface area contributed by atoms with Crippen molar-refractivity contribution in [3.63, 3.8) is 0 Å². The van der Waals surface area contributed by atoms with Gasteiger partial charge in [-0.1, -0.05) is 6.92 Å². The van der Waals surface area contributed by atoms with Crippen molar-refractivity contribution in [2.45, 2.75) is 20.4 Å². The first-order valence-corrected chi connectivity index (χ1v) is 5.09. The zero-order chi connectivity index (χ0) is 10.4. The van der Waals surface area contributed by atoms with E-state index in [1.807, 2.05) is 19.3 Å². The second-order valence-electron chi connectivity index (χ2n) is 3.33. The second-order valence-corrected chi connectivity index (χ2v) is 3.33. The minimum absolute atomic E-state index is 0.233. The molecule has 0 amide bonds. The minimum Gasteiger partial charge on any atom is -0.395 e. The molecule has 0 aromatic carbocycles. The molecule has 0 spiro atoms. The van der Waals surface area contributed by atoms with Crippen LogP contribution >= 0.6 is 0 Å². The molecule has 0 aliphatic heterocycles. The molecule has 0 atom stereocenters. The summed E-state index contributed by atoms with van der Waals surface area (Å²) in [6.07, 6.45) is 3.81. The molecule has 0 saturated carbocycles. The summed E-state index contributed by atoms with van der Waals surface area (Å²) >= 11 is 0. The number of likely N-dealkylation sites (N-methyl/N-ethyl adjacent to an activating group) is 1. The fourth-order valence-corrected chi connectivity index (χ4v) is 1.46. The topological polar surface area (TPSA) is 41.3 Å². The molecule has 4 heteroatoms. The third kappa shape index (κ3) is 3.12. The molecule has 0 radical (unpaired) electrons. The van der Waals surface area contributed by atoms with Crippen LogP contribution in [0.15, 0.2) is 12.4 Å². The number of aliphatic hydroxyl groups excluding tert-OH is 1. The van der Waals surface area contributed by atoms with Gasteiger partial charge >= 0.3 is 0 Å². The fourth-order valence-electron chi connectivity index (χ4n) is 1.46. The Morgan fingerprint density at radius 3 is 2.79 bits per heavy atom. The Morgan fingerprint density at radius 2 is 2.29 bits per heavy atom. The number of aryl methyl sites for hydroxylation is 1. The highest BCUT2D eigenvalue weighted by Crippen LogP contribution is 1.96. The van der Waals surface area contributed by atoms with Crippen LogP contribution in [-0.2, 0) is 6.54 Å². The maximum absolute atomic E-state index is 8.82. The zero-order valence-electron chi connectivity index (χ0n) is 8.98. The van der Waals surface area contributed by atoms with Crippen molar-refractivity contribution in [1.29, 1.82) is 0 Å². The Kier molecular flexibility index (Phi) is 4.62. The largest absolute Gasteiger partial charge is 0.395 e. The predicted octanol–water partition coefficient (Wildman–Crippen LogP) is 0.506. The minimum atomic E-state index is 0.233. The van der Waals surface area contributed by atoms with Crippen molar-refractivity contribution in [3.8, 4) is 0 Å². The Hall–Kier alpha value is -0.870. The monoisotopic (exact) mass is 197 g/mol. The van der Waals surface area contributed by atoms with Crippen molar-refractivity contribution >= 4 is 0 Å². The van der Waals surface area contributed by atoms with Gasteiger partial charge in [-0.25, -0.2) is 4.98 Å². The molecule has 14 heavy (non-hydrogen) atoms. The molecule has 1 N–H and O–H groups in total. The van der Waals surface area contributed by atoms with Gasteiger partial charge in [-0.05, 0) is 13.5 Å². The van der Waals surface area contributed by atoms with Crippen LogP contribution < -0.4 is 0 Å². The highest BCUT2D eigenvalue weighted by molar-refractivity contribution is 4.88. The summed E-state index contributed by atoms with van der Waals surface area (Å²) in [4.78, 5) is 6.38. The number of rotatable bonds is 6. The lowest BCUT2D eigenvalue weighted by atomic mass is 10.4. The van der Waals surface area contributed by atoms with Crippen LogP contribution in [0.1, 0.15) is 12.7 Å². The molecule has 0 saturated heterocycles. The van der Waals surface area contributed by atoms with E-state index in [1.54, 1.807) is 0 Å². The third-order valence-electron chi connectivity index (χ3n) is 2.44. The summed E-state index contributed by atoms with van der Waals surface area (Å²) in [6.45, 7) is 7.99. The third-order valence-corrected chi connectivity index (χ3v) is 2.44. The zero-order valence-corrected chi connectivity index (χ0v) is 8.98. The Morgan fingerprint density at radius 1 is 1.50 bits per heavy atom. The summed E-state index contributed by atoms with van der Waals surface area (Å²) < 4.78 is 2.13.